The Labute approximate surface area is 315 Å². The standard InChI is InChI=1S/C38H46Cl3N5O5/c1-37(2)31-13-12-29(49-3)23-27(31)24-38(40,46(37)41)36(48)43-32(22-26-8-10-28(39)11-9-26)35(47)45-15-14-42-25-33(45)30-6-4-5-7-34(30)51-21-18-44-16-19-50-20-17-44/h4-13,23,32-33,42H,14-22,24-25H2,1-3H3,(H,43,48). The summed E-state index contributed by atoms with van der Waals surface area (Å²) in [6.07, 6.45) is 0.326. The van der Waals surface area contributed by atoms with Crippen LogP contribution in [0.2, 0.25) is 5.02 Å². The van der Waals surface area contributed by atoms with Crippen LogP contribution in [0.1, 0.15) is 42.1 Å². The second-order valence-corrected chi connectivity index (χ2v) is 15.1. The number of ether oxygens (including phenoxy) is 3. The average Bonchev–Trinajstić information content (AvgIpc) is 3.14. The van der Waals surface area contributed by atoms with E-state index in [0.717, 1.165) is 60.9 Å². The number of carbonyl (C=O) groups excluding carboxylic acids is 2. The maximum atomic E-state index is 14.8. The third kappa shape index (κ3) is 8.28. The van der Waals surface area contributed by atoms with E-state index < -0.39 is 22.5 Å². The molecule has 3 heterocycles. The van der Waals surface area contributed by atoms with Gasteiger partial charge in [0.05, 0.1) is 31.9 Å². The fourth-order valence-electron chi connectivity index (χ4n) is 7.25. The molecule has 3 atom stereocenters. The zero-order chi connectivity index (χ0) is 36.2. The molecule has 3 aromatic carbocycles. The molecule has 3 aliphatic heterocycles. The smallest absolute Gasteiger partial charge is 0.258 e. The van der Waals surface area contributed by atoms with Crippen molar-refractivity contribution in [2.75, 3.05) is 66.2 Å². The molecular formula is C38H46Cl3N5O5. The van der Waals surface area contributed by atoms with Crippen LogP contribution in [0.5, 0.6) is 11.5 Å². The molecule has 0 saturated carbocycles. The molecule has 0 spiro atoms. The van der Waals surface area contributed by atoms with Crippen molar-refractivity contribution in [3.63, 3.8) is 0 Å². The lowest BCUT2D eigenvalue weighted by Gasteiger charge is -2.48. The minimum atomic E-state index is -1.70. The highest BCUT2D eigenvalue weighted by atomic mass is 35.5. The minimum absolute atomic E-state index is 0.104. The number of piperazine rings is 1. The van der Waals surface area contributed by atoms with E-state index in [9.17, 15) is 9.59 Å². The molecular weight excluding hydrogens is 713 g/mol. The number of alkyl halides is 1. The zero-order valence-electron chi connectivity index (χ0n) is 29.3. The highest BCUT2D eigenvalue weighted by Crippen LogP contribution is 2.47. The molecule has 0 aliphatic carbocycles. The molecule has 0 radical (unpaired) electrons. The van der Waals surface area contributed by atoms with Crippen molar-refractivity contribution in [2.45, 2.75) is 49.3 Å². The molecule has 3 unspecified atom stereocenters. The first-order chi connectivity index (χ1) is 24.5. The second-order valence-electron chi connectivity index (χ2n) is 13.7. The Kier molecular flexibility index (Phi) is 12.0. The Balaban J connectivity index is 1.27. The zero-order valence-corrected chi connectivity index (χ0v) is 31.6. The predicted molar refractivity (Wildman–Crippen MR) is 200 cm³/mol. The van der Waals surface area contributed by atoms with Gasteiger partial charge in [-0.15, -0.1) is 0 Å². The molecule has 2 amide bonds. The summed E-state index contributed by atoms with van der Waals surface area (Å²) >= 11 is 20.4. The van der Waals surface area contributed by atoms with Crippen molar-refractivity contribution in [3.05, 3.63) is 94.0 Å². The first-order valence-electron chi connectivity index (χ1n) is 17.4. The number of methoxy groups -OCH3 is 1. The fraction of sp³-hybridized carbons (Fsp3) is 0.474. The third-order valence-electron chi connectivity index (χ3n) is 10.1. The number of amides is 2. The van der Waals surface area contributed by atoms with E-state index in [1.807, 2.05) is 73.3 Å². The first-order valence-corrected chi connectivity index (χ1v) is 18.5. The SMILES string of the molecule is COc1ccc2c(c1)CC(Cl)(C(=O)NC(Cc1ccc(Cl)cc1)C(=O)N1CCNCC1c1ccccc1OCCN1CCOCC1)N(Cl)C2(C)C. The molecule has 2 N–H and O–H groups in total. The molecule has 6 rings (SSSR count). The van der Waals surface area contributed by atoms with E-state index in [2.05, 4.69) is 15.5 Å². The van der Waals surface area contributed by atoms with Gasteiger partial charge in [-0.3, -0.25) is 14.5 Å². The minimum Gasteiger partial charge on any atom is -0.497 e. The van der Waals surface area contributed by atoms with Crippen molar-refractivity contribution < 1.29 is 23.8 Å². The summed E-state index contributed by atoms with van der Waals surface area (Å²) in [5.41, 5.74) is 2.70. The molecule has 0 aromatic heterocycles. The van der Waals surface area contributed by atoms with Gasteiger partial charge in [-0.1, -0.05) is 59.6 Å². The van der Waals surface area contributed by atoms with Crippen molar-refractivity contribution in [3.8, 4) is 11.5 Å². The van der Waals surface area contributed by atoms with E-state index in [-0.39, 0.29) is 24.8 Å². The summed E-state index contributed by atoms with van der Waals surface area (Å²) in [5.74, 6) is 0.586. The topological polar surface area (TPSA) is 95.6 Å². The lowest BCUT2D eigenvalue weighted by atomic mass is 9.81. The monoisotopic (exact) mass is 757 g/mol. The summed E-state index contributed by atoms with van der Waals surface area (Å²) in [6, 6.07) is 19.5. The Morgan fingerprint density at radius 2 is 1.80 bits per heavy atom. The number of halogens is 3. The van der Waals surface area contributed by atoms with Gasteiger partial charge in [0, 0.05) is 62.7 Å². The van der Waals surface area contributed by atoms with Crippen molar-refractivity contribution in [1.82, 2.24) is 24.9 Å². The lowest BCUT2D eigenvalue weighted by Crippen LogP contribution is -2.64. The normalized spacial score (nSPS) is 22.9. The number of benzene rings is 3. The summed E-state index contributed by atoms with van der Waals surface area (Å²) in [7, 11) is 1.59. The van der Waals surface area contributed by atoms with Crippen LogP contribution in [0.4, 0.5) is 0 Å². The van der Waals surface area contributed by atoms with Gasteiger partial charge in [-0.05, 0) is 72.6 Å². The maximum Gasteiger partial charge on any atom is 0.258 e. The van der Waals surface area contributed by atoms with Crippen molar-refractivity contribution >= 4 is 46.8 Å². The van der Waals surface area contributed by atoms with Crippen molar-refractivity contribution in [2.24, 2.45) is 0 Å². The fourth-order valence-corrected chi connectivity index (χ4v) is 8.01. The maximum absolute atomic E-state index is 14.8. The van der Waals surface area contributed by atoms with E-state index in [0.29, 0.717) is 37.0 Å². The van der Waals surface area contributed by atoms with Crippen LogP contribution in [0, 0.1) is 0 Å². The lowest BCUT2D eigenvalue weighted by molar-refractivity contribution is -0.141. The molecule has 274 valence electrons. The van der Waals surface area contributed by atoms with Gasteiger partial charge >= 0.3 is 0 Å². The number of morpholine rings is 1. The largest absolute Gasteiger partial charge is 0.497 e. The number of fused-ring (bicyclic) bond motifs is 1. The molecule has 13 heteroatoms. The summed E-state index contributed by atoms with van der Waals surface area (Å²) in [6.45, 7) is 9.90. The van der Waals surface area contributed by atoms with Crippen LogP contribution >= 0.6 is 35.0 Å². The van der Waals surface area contributed by atoms with Gasteiger partial charge < -0.3 is 29.7 Å². The Morgan fingerprint density at radius 3 is 2.55 bits per heavy atom. The summed E-state index contributed by atoms with van der Waals surface area (Å²) in [4.78, 5) is 31.7. The second kappa shape index (κ2) is 16.3. The summed E-state index contributed by atoms with van der Waals surface area (Å²) in [5, 5.41) is 7.08. The van der Waals surface area contributed by atoms with Crippen LogP contribution < -0.4 is 20.1 Å². The quantitative estimate of drug-likeness (QED) is 0.158. The van der Waals surface area contributed by atoms with Gasteiger partial charge in [0.25, 0.3) is 5.91 Å². The number of nitrogens with zero attached hydrogens (tertiary/aromatic N) is 3. The van der Waals surface area contributed by atoms with Crippen LogP contribution in [0.3, 0.4) is 0 Å². The van der Waals surface area contributed by atoms with E-state index in [1.54, 1.807) is 19.2 Å². The molecule has 51 heavy (non-hydrogen) atoms. The molecule has 2 fully saturated rings. The van der Waals surface area contributed by atoms with Gasteiger partial charge in [0.1, 0.15) is 24.1 Å². The molecule has 10 nitrogen and oxygen atoms in total. The van der Waals surface area contributed by atoms with Crippen LogP contribution in [0.15, 0.2) is 66.7 Å². The van der Waals surface area contributed by atoms with E-state index in [1.165, 1.54) is 4.42 Å². The number of hydrogen-bond donors (Lipinski definition) is 2. The molecule has 3 aromatic rings. The van der Waals surface area contributed by atoms with Gasteiger partial charge in [0.2, 0.25) is 5.91 Å². The van der Waals surface area contributed by atoms with Crippen LogP contribution in [0.25, 0.3) is 0 Å². The summed E-state index contributed by atoms with van der Waals surface area (Å²) < 4.78 is 18.7. The average molecular weight is 759 g/mol. The number of hydrogen-bond acceptors (Lipinski definition) is 8. The first kappa shape index (κ1) is 37.7. The van der Waals surface area contributed by atoms with Gasteiger partial charge in [-0.2, -0.15) is 4.42 Å². The highest BCUT2D eigenvalue weighted by molar-refractivity contribution is 6.38. The molecule has 3 aliphatic rings. The van der Waals surface area contributed by atoms with E-state index >= 15 is 0 Å². The van der Waals surface area contributed by atoms with Crippen LogP contribution in [-0.2, 0) is 32.7 Å². The number of para-hydroxylation sites is 1. The predicted octanol–water partition coefficient (Wildman–Crippen LogP) is 5.14. The van der Waals surface area contributed by atoms with E-state index in [4.69, 9.17) is 49.2 Å². The van der Waals surface area contributed by atoms with Gasteiger partial charge in [0.15, 0.2) is 5.00 Å². The Morgan fingerprint density at radius 1 is 1.06 bits per heavy atom. The van der Waals surface area contributed by atoms with Crippen LogP contribution in [-0.4, -0.2) is 103 Å². The highest BCUT2D eigenvalue weighted by Gasteiger charge is 2.54. The number of rotatable bonds is 11. The molecule has 2 saturated heterocycles. The number of carbonyl (C=O) groups is 2. The Hall–Kier alpha value is -3.09. The van der Waals surface area contributed by atoms with Gasteiger partial charge in [-0.25, -0.2) is 0 Å². The number of nitrogens with one attached hydrogen (secondary N) is 2. The Bertz CT molecular complexity index is 1690. The third-order valence-corrected chi connectivity index (χ3v) is 11.6. The van der Waals surface area contributed by atoms with Crippen molar-refractivity contribution in [1.29, 1.82) is 0 Å². The molecule has 0 bridgehead atoms.